The zero-order valence-electron chi connectivity index (χ0n) is 14.8. The van der Waals surface area contributed by atoms with E-state index in [4.69, 9.17) is 4.65 Å². The smallest absolute Gasteiger partial charge is 0.102 e. The summed E-state index contributed by atoms with van der Waals surface area (Å²) in [5.41, 5.74) is 0. The van der Waals surface area contributed by atoms with Crippen molar-refractivity contribution in [2.75, 3.05) is 0 Å². The van der Waals surface area contributed by atoms with Gasteiger partial charge in [-0.3, -0.25) is 0 Å². The van der Waals surface area contributed by atoms with Crippen LogP contribution in [0.15, 0.2) is 121 Å². The summed E-state index contributed by atoms with van der Waals surface area (Å²) >= 11 is 0. The molecule has 0 saturated heterocycles. The van der Waals surface area contributed by atoms with Crippen molar-refractivity contribution in [2.24, 2.45) is 0 Å². The molecular formula is C24H21OPRh. The molecule has 0 aromatic heterocycles. The largest absolute Gasteiger partial charge is 0.214 e. The van der Waals surface area contributed by atoms with Crippen LogP contribution in [-0.2, 0) is 24.1 Å². The third-order valence-electron chi connectivity index (χ3n) is 3.74. The van der Waals surface area contributed by atoms with E-state index in [1.165, 1.54) is 15.9 Å². The summed E-state index contributed by atoms with van der Waals surface area (Å²) in [7, 11) is -0.877. The molecule has 0 aliphatic heterocycles. The van der Waals surface area contributed by atoms with Crippen molar-refractivity contribution < 1.29 is 24.1 Å². The van der Waals surface area contributed by atoms with E-state index in [0.717, 1.165) is 0 Å². The van der Waals surface area contributed by atoms with Crippen molar-refractivity contribution in [3.8, 4) is 0 Å². The van der Waals surface area contributed by atoms with Crippen molar-refractivity contribution in [2.45, 2.75) is 0 Å². The number of hydrogen-bond donors (Lipinski definition) is 0. The van der Waals surface area contributed by atoms with Gasteiger partial charge in [0.1, 0.15) is 15.9 Å². The van der Waals surface area contributed by atoms with E-state index in [1.807, 2.05) is 30.3 Å². The minimum Gasteiger partial charge on any atom is -0.214 e. The maximum atomic E-state index is 7.50. The van der Waals surface area contributed by atoms with Crippen LogP contribution < -0.4 is 15.9 Å². The Hall–Kier alpha value is -2.20. The monoisotopic (exact) mass is 459 g/mol. The van der Waals surface area contributed by atoms with Gasteiger partial charge < -0.3 is 0 Å². The van der Waals surface area contributed by atoms with Gasteiger partial charge in [-0.2, -0.15) is 18.2 Å². The summed E-state index contributed by atoms with van der Waals surface area (Å²) in [4.78, 5) is 0. The number of rotatable bonds is 3. The SMILES string of the molecule is [C-]#[O+].[Rh].c1cc[cH-]c1.c1ccc([PH+](c2ccccc2)c2ccccc2)cc1. The van der Waals surface area contributed by atoms with Gasteiger partial charge in [0.25, 0.3) is 0 Å². The fraction of sp³-hybridized carbons (Fsp3) is 0. The molecule has 3 heteroatoms. The Morgan fingerprint density at radius 3 is 1.04 bits per heavy atom. The van der Waals surface area contributed by atoms with Crippen LogP contribution in [0.4, 0.5) is 0 Å². The van der Waals surface area contributed by atoms with Gasteiger partial charge in [0.2, 0.25) is 0 Å². The van der Waals surface area contributed by atoms with Gasteiger partial charge in [-0.15, -0.1) is 0 Å². The molecule has 0 amide bonds. The molecule has 0 saturated carbocycles. The van der Waals surface area contributed by atoms with Crippen LogP contribution in [0.5, 0.6) is 0 Å². The van der Waals surface area contributed by atoms with E-state index in [0.29, 0.717) is 0 Å². The van der Waals surface area contributed by atoms with Gasteiger partial charge >= 0.3 is 11.3 Å². The van der Waals surface area contributed by atoms with Crippen LogP contribution in [0.3, 0.4) is 0 Å². The van der Waals surface area contributed by atoms with Gasteiger partial charge in [0.15, 0.2) is 0 Å². The molecule has 1 nitrogen and oxygen atoms in total. The second kappa shape index (κ2) is 13.9. The maximum Gasteiger partial charge on any atom is 0.102 e. The molecule has 0 unspecified atom stereocenters. The van der Waals surface area contributed by atoms with E-state index in [-0.39, 0.29) is 19.5 Å². The minimum absolute atomic E-state index is 0. The van der Waals surface area contributed by atoms with Crippen LogP contribution in [0.1, 0.15) is 0 Å². The van der Waals surface area contributed by atoms with Crippen molar-refractivity contribution in [3.63, 3.8) is 0 Å². The Morgan fingerprint density at radius 1 is 0.519 bits per heavy atom. The number of benzene rings is 3. The van der Waals surface area contributed by atoms with Crippen LogP contribution >= 0.6 is 7.92 Å². The zero-order valence-corrected chi connectivity index (χ0v) is 17.4. The normalized spacial score (nSPS) is 9.00. The average Bonchev–Trinajstić information content (AvgIpc) is 3.33. The zero-order chi connectivity index (χ0) is 18.5. The van der Waals surface area contributed by atoms with E-state index in [1.54, 1.807) is 0 Å². The summed E-state index contributed by atoms with van der Waals surface area (Å²) in [5, 5.41) is 4.31. The van der Waals surface area contributed by atoms with Crippen molar-refractivity contribution in [3.05, 3.63) is 128 Å². The fourth-order valence-electron chi connectivity index (χ4n) is 2.64. The fourth-order valence-corrected chi connectivity index (χ4v) is 5.21. The van der Waals surface area contributed by atoms with Gasteiger partial charge in [0, 0.05) is 19.5 Å². The Labute approximate surface area is 175 Å². The molecule has 4 rings (SSSR count). The van der Waals surface area contributed by atoms with Crippen molar-refractivity contribution in [1.29, 1.82) is 0 Å². The average molecular weight is 459 g/mol. The van der Waals surface area contributed by atoms with Gasteiger partial charge in [-0.25, -0.2) is 12.1 Å². The molecule has 0 aliphatic carbocycles. The van der Waals surface area contributed by atoms with E-state index in [2.05, 4.69) is 97.6 Å². The predicted octanol–water partition coefficient (Wildman–Crippen LogP) is 4.54. The second-order valence-electron chi connectivity index (χ2n) is 5.44. The molecule has 0 aliphatic rings. The van der Waals surface area contributed by atoms with Crippen molar-refractivity contribution >= 4 is 23.8 Å². The molecule has 4 aromatic rings. The van der Waals surface area contributed by atoms with E-state index < -0.39 is 7.92 Å². The van der Waals surface area contributed by atoms with Gasteiger partial charge in [-0.1, -0.05) is 54.6 Å². The molecule has 0 fully saturated rings. The maximum absolute atomic E-state index is 7.50. The first-order valence-electron chi connectivity index (χ1n) is 8.35. The Morgan fingerprint density at radius 2 is 0.815 bits per heavy atom. The van der Waals surface area contributed by atoms with Gasteiger partial charge in [-0.05, 0) is 36.4 Å². The van der Waals surface area contributed by atoms with E-state index in [9.17, 15) is 0 Å². The molecule has 0 N–H and O–H groups in total. The Kier molecular flexibility index (Phi) is 11.8. The molecule has 1 radical (unpaired) electrons. The van der Waals surface area contributed by atoms with E-state index >= 15 is 0 Å². The summed E-state index contributed by atoms with van der Waals surface area (Å²) in [6.07, 6.45) is 0. The summed E-state index contributed by atoms with van der Waals surface area (Å²) in [6, 6.07) is 42.5. The summed E-state index contributed by atoms with van der Waals surface area (Å²) in [6.45, 7) is 4.50. The second-order valence-corrected chi connectivity index (χ2v) is 7.92. The molecule has 0 bridgehead atoms. The van der Waals surface area contributed by atoms with Crippen LogP contribution in [0.2, 0.25) is 0 Å². The minimum atomic E-state index is -0.877. The third-order valence-corrected chi connectivity index (χ3v) is 6.47. The molecule has 137 valence electrons. The topological polar surface area (TPSA) is 19.9 Å². The molecule has 0 atom stereocenters. The first-order valence-corrected chi connectivity index (χ1v) is 9.85. The summed E-state index contributed by atoms with van der Waals surface area (Å²) < 4.78 is 7.50. The number of hydrogen-bond acceptors (Lipinski definition) is 0. The quantitative estimate of drug-likeness (QED) is 0.186. The van der Waals surface area contributed by atoms with Crippen LogP contribution in [0, 0.1) is 6.65 Å². The molecular weight excluding hydrogens is 438 g/mol. The van der Waals surface area contributed by atoms with Crippen molar-refractivity contribution in [1.82, 2.24) is 0 Å². The standard InChI is InChI=1S/C18H15P.C5H5.CO.Rh/c1-4-10-16(11-5-1)19(17-12-6-2-7-13-17)18-14-8-3-9-15-18;1-2-4-5-3-1;1-2;/h1-15H;1-5H;;/q;-1;;/p+1. The Balaban J connectivity index is 0.000000390. The molecule has 0 spiro atoms. The summed E-state index contributed by atoms with van der Waals surface area (Å²) in [5.74, 6) is 0. The molecule has 0 heterocycles. The van der Waals surface area contributed by atoms with Crippen LogP contribution in [-0.4, -0.2) is 0 Å². The first kappa shape index (κ1) is 22.8. The molecule has 27 heavy (non-hydrogen) atoms. The van der Waals surface area contributed by atoms with Gasteiger partial charge in [0.05, 0.1) is 7.92 Å². The Bertz CT molecular complexity index is 733. The predicted molar refractivity (Wildman–Crippen MR) is 113 cm³/mol. The molecule has 4 aromatic carbocycles. The first-order chi connectivity index (χ1) is 12.9. The third kappa shape index (κ3) is 7.52. The van der Waals surface area contributed by atoms with Crippen LogP contribution in [0.25, 0.3) is 0 Å².